The van der Waals surface area contributed by atoms with E-state index in [9.17, 15) is 14.0 Å². The van der Waals surface area contributed by atoms with Gasteiger partial charge in [0.05, 0.1) is 16.3 Å². The summed E-state index contributed by atoms with van der Waals surface area (Å²) in [6.07, 6.45) is 1.42. The lowest BCUT2D eigenvalue weighted by atomic mass is 10.2. The third kappa shape index (κ3) is 6.91. The van der Waals surface area contributed by atoms with Crippen molar-refractivity contribution >= 4 is 45.6 Å². The van der Waals surface area contributed by atoms with Crippen molar-refractivity contribution < 1.29 is 23.5 Å². The molecule has 0 aliphatic heterocycles. The first kappa shape index (κ1) is 22.5. The molecule has 3 aromatic rings. The average Bonchev–Trinajstić information content (AvgIpc) is 2.74. The van der Waals surface area contributed by atoms with Gasteiger partial charge in [-0.25, -0.2) is 14.6 Å². The van der Waals surface area contributed by atoms with Gasteiger partial charge in [-0.2, -0.15) is 5.10 Å². The van der Waals surface area contributed by atoms with E-state index in [0.29, 0.717) is 20.8 Å². The number of hydrogen-bond donors (Lipinski definition) is 1. The molecule has 1 amide bonds. The van der Waals surface area contributed by atoms with Crippen molar-refractivity contribution in [1.82, 2.24) is 5.43 Å². The summed E-state index contributed by atoms with van der Waals surface area (Å²) in [5.74, 6) is -0.863. The summed E-state index contributed by atoms with van der Waals surface area (Å²) in [4.78, 5) is 23.9. The van der Waals surface area contributed by atoms with Crippen molar-refractivity contribution in [2.75, 3.05) is 6.61 Å². The van der Waals surface area contributed by atoms with Crippen molar-refractivity contribution in [2.45, 2.75) is 0 Å². The van der Waals surface area contributed by atoms with E-state index in [0.717, 1.165) is 6.07 Å². The first-order valence-corrected chi connectivity index (χ1v) is 10.1. The van der Waals surface area contributed by atoms with E-state index in [2.05, 4.69) is 26.5 Å². The van der Waals surface area contributed by atoms with Crippen LogP contribution < -0.4 is 14.9 Å². The number of ether oxygens (including phenoxy) is 2. The van der Waals surface area contributed by atoms with Gasteiger partial charge >= 0.3 is 5.97 Å². The third-order valence-electron chi connectivity index (χ3n) is 3.81. The number of halogens is 3. The number of rotatable bonds is 7. The minimum Gasteiger partial charge on any atom is -0.483 e. The van der Waals surface area contributed by atoms with Crippen molar-refractivity contribution in [3.63, 3.8) is 0 Å². The summed E-state index contributed by atoms with van der Waals surface area (Å²) in [6, 6.07) is 16.6. The van der Waals surface area contributed by atoms with E-state index in [-0.39, 0.29) is 17.9 Å². The Labute approximate surface area is 190 Å². The lowest BCUT2D eigenvalue weighted by Crippen LogP contribution is -2.24. The molecule has 0 fully saturated rings. The SMILES string of the molecule is O=C(COc1ccc(Cl)cc1Br)N/N=C\c1ccc(OC(=O)c2cccc(F)c2)cc1. The summed E-state index contributed by atoms with van der Waals surface area (Å²) < 4.78 is 24.4. The van der Waals surface area contributed by atoms with Gasteiger partial charge in [0, 0.05) is 5.02 Å². The number of benzene rings is 3. The molecule has 1 N–H and O–H groups in total. The molecule has 0 heterocycles. The standard InChI is InChI=1S/C22H15BrClFN2O4/c23-19-11-16(24)6-9-20(19)30-13-21(28)27-26-12-14-4-7-18(8-5-14)31-22(29)15-2-1-3-17(25)10-15/h1-12H,13H2,(H,27,28)/b26-12-. The Balaban J connectivity index is 1.47. The van der Waals surface area contributed by atoms with Gasteiger partial charge < -0.3 is 9.47 Å². The number of carbonyl (C=O) groups is 2. The molecular weight excluding hydrogens is 491 g/mol. The van der Waals surface area contributed by atoms with Crippen LogP contribution in [0.3, 0.4) is 0 Å². The molecule has 31 heavy (non-hydrogen) atoms. The second-order valence-electron chi connectivity index (χ2n) is 6.13. The van der Waals surface area contributed by atoms with E-state index < -0.39 is 17.7 Å². The zero-order chi connectivity index (χ0) is 22.2. The lowest BCUT2D eigenvalue weighted by molar-refractivity contribution is -0.123. The molecule has 0 radical (unpaired) electrons. The Bertz CT molecular complexity index is 1120. The van der Waals surface area contributed by atoms with Gasteiger partial charge in [-0.1, -0.05) is 17.7 Å². The lowest BCUT2D eigenvalue weighted by Gasteiger charge is -2.07. The fourth-order valence-corrected chi connectivity index (χ4v) is 3.15. The van der Waals surface area contributed by atoms with Crippen LogP contribution in [0.5, 0.6) is 11.5 Å². The molecule has 0 spiro atoms. The topological polar surface area (TPSA) is 77.0 Å². The van der Waals surface area contributed by atoms with E-state index in [1.165, 1.54) is 24.4 Å². The summed E-state index contributed by atoms with van der Waals surface area (Å²) in [7, 11) is 0. The summed E-state index contributed by atoms with van der Waals surface area (Å²) in [6.45, 7) is -0.230. The Morgan fingerprint density at radius 1 is 1.10 bits per heavy atom. The van der Waals surface area contributed by atoms with Crippen LogP contribution in [-0.4, -0.2) is 24.7 Å². The van der Waals surface area contributed by atoms with Crippen LogP contribution in [0.4, 0.5) is 4.39 Å². The highest BCUT2D eigenvalue weighted by Crippen LogP contribution is 2.27. The first-order chi connectivity index (χ1) is 14.9. The van der Waals surface area contributed by atoms with E-state index in [1.54, 1.807) is 42.5 Å². The largest absolute Gasteiger partial charge is 0.483 e. The number of carbonyl (C=O) groups excluding carboxylic acids is 2. The summed E-state index contributed by atoms with van der Waals surface area (Å²) >= 11 is 9.15. The summed E-state index contributed by atoms with van der Waals surface area (Å²) in [5.41, 5.74) is 3.12. The first-order valence-electron chi connectivity index (χ1n) is 8.88. The Morgan fingerprint density at radius 3 is 2.58 bits per heavy atom. The highest BCUT2D eigenvalue weighted by atomic mass is 79.9. The van der Waals surface area contributed by atoms with Gasteiger partial charge in [0.1, 0.15) is 17.3 Å². The molecule has 9 heteroatoms. The molecule has 0 unspecified atom stereocenters. The van der Waals surface area contributed by atoms with Crippen LogP contribution in [-0.2, 0) is 4.79 Å². The molecule has 0 saturated carbocycles. The van der Waals surface area contributed by atoms with Gasteiger partial charge in [-0.05, 0) is 82.2 Å². The number of esters is 1. The Kier molecular flexibility index (Phi) is 7.75. The number of hydrazone groups is 1. The van der Waals surface area contributed by atoms with Crippen molar-refractivity contribution in [1.29, 1.82) is 0 Å². The van der Waals surface area contributed by atoms with Crippen LogP contribution in [0.2, 0.25) is 5.02 Å². The second kappa shape index (κ2) is 10.7. The number of nitrogens with one attached hydrogen (secondary N) is 1. The smallest absolute Gasteiger partial charge is 0.343 e. The van der Waals surface area contributed by atoms with Crippen LogP contribution in [0.15, 0.2) is 76.3 Å². The van der Waals surface area contributed by atoms with Crippen molar-refractivity contribution in [3.05, 3.63) is 93.2 Å². The molecule has 0 saturated heterocycles. The molecule has 158 valence electrons. The molecule has 3 rings (SSSR count). The maximum atomic E-state index is 13.2. The highest BCUT2D eigenvalue weighted by molar-refractivity contribution is 9.10. The molecule has 0 bridgehead atoms. The van der Waals surface area contributed by atoms with Gasteiger partial charge in [0.2, 0.25) is 0 Å². The predicted molar refractivity (Wildman–Crippen MR) is 118 cm³/mol. The number of nitrogens with zero attached hydrogens (tertiary/aromatic N) is 1. The van der Waals surface area contributed by atoms with Crippen molar-refractivity contribution in [3.8, 4) is 11.5 Å². The zero-order valence-electron chi connectivity index (χ0n) is 15.8. The zero-order valence-corrected chi connectivity index (χ0v) is 18.2. The van der Waals surface area contributed by atoms with E-state index in [1.807, 2.05) is 0 Å². The van der Waals surface area contributed by atoms with Crippen LogP contribution in [0.1, 0.15) is 15.9 Å². The molecule has 6 nitrogen and oxygen atoms in total. The van der Waals surface area contributed by atoms with Gasteiger partial charge in [0.15, 0.2) is 6.61 Å². The van der Waals surface area contributed by atoms with Crippen LogP contribution in [0, 0.1) is 5.82 Å². The number of hydrogen-bond acceptors (Lipinski definition) is 5. The second-order valence-corrected chi connectivity index (χ2v) is 7.42. The Hall–Kier alpha value is -3.23. The van der Waals surface area contributed by atoms with Gasteiger partial charge in [-0.15, -0.1) is 0 Å². The minimum atomic E-state index is -0.666. The maximum absolute atomic E-state index is 13.2. The van der Waals surface area contributed by atoms with Gasteiger partial charge in [0.25, 0.3) is 5.91 Å². The monoisotopic (exact) mass is 504 g/mol. The van der Waals surface area contributed by atoms with Crippen molar-refractivity contribution in [2.24, 2.45) is 5.10 Å². The molecule has 0 aliphatic rings. The third-order valence-corrected chi connectivity index (χ3v) is 4.66. The van der Waals surface area contributed by atoms with Gasteiger partial charge in [-0.3, -0.25) is 4.79 Å². The average molecular weight is 506 g/mol. The predicted octanol–water partition coefficient (Wildman–Crippen LogP) is 4.99. The normalized spacial score (nSPS) is 10.7. The van der Waals surface area contributed by atoms with Crippen LogP contribution in [0.25, 0.3) is 0 Å². The number of amides is 1. The molecule has 3 aromatic carbocycles. The quantitative estimate of drug-likeness (QED) is 0.212. The fourth-order valence-electron chi connectivity index (χ4n) is 2.35. The Morgan fingerprint density at radius 2 is 1.87 bits per heavy atom. The highest BCUT2D eigenvalue weighted by Gasteiger charge is 2.09. The fraction of sp³-hybridized carbons (Fsp3) is 0.0455. The van der Waals surface area contributed by atoms with E-state index >= 15 is 0 Å². The maximum Gasteiger partial charge on any atom is 0.343 e. The molecule has 0 atom stereocenters. The minimum absolute atomic E-state index is 0.112. The molecule has 0 aliphatic carbocycles. The van der Waals surface area contributed by atoms with E-state index in [4.69, 9.17) is 21.1 Å². The summed E-state index contributed by atoms with van der Waals surface area (Å²) in [5, 5.41) is 4.40. The molecule has 0 aromatic heterocycles. The van der Waals surface area contributed by atoms with Crippen LogP contribution >= 0.6 is 27.5 Å². The molecular formula is C22H15BrClFN2O4.